The summed E-state index contributed by atoms with van der Waals surface area (Å²) in [6, 6.07) is 5.88. The Morgan fingerprint density at radius 1 is 1.17 bits per heavy atom. The van der Waals surface area contributed by atoms with Crippen molar-refractivity contribution in [3.8, 4) is 0 Å². The highest BCUT2D eigenvalue weighted by Gasteiger charge is 2.66. The van der Waals surface area contributed by atoms with Gasteiger partial charge in [0.05, 0.1) is 10.0 Å². The molecule has 0 spiro atoms. The van der Waals surface area contributed by atoms with Crippen LogP contribution in [0.15, 0.2) is 18.2 Å². The first-order chi connectivity index (χ1) is 8.19. The summed E-state index contributed by atoms with van der Waals surface area (Å²) in [5, 5.41) is 1.25. The molecule has 1 unspecified atom stereocenters. The number of nitrogens with two attached hydrogens (primary N) is 1. The van der Waals surface area contributed by atoms with Gasteiger partial charge in [-0.25, -0.2) is 0 Å². The summed E-state index contributed by atoms with van der Waals surface area (Å²) in [4.78, 5) is 0. The second-order valence-electron chi connectivity index (χ2n) is 6.50. The highest BCUT2D eigenvalue weighted by atomic mass is 35.5. The quantitative estimate of drug-likeness (QED) is 0.867. The molecule has 0 heterocycles. The van der Waals surface area contributed by atoms with Gasteiger partial charge >= 0.3 is 0 Å². The van der Waals surface area contributed by atoms with E-state index in [-0.39, 0.29) is 6.04 Å². The van der Waals surface area contributed by atoms with Crippen molar-refractivity contribution in [3.05, 3.63) is 33.8 Å². The van der Waals surface area contributed by atoms with Gasteiger partial charge in [0, 0.05) is 6.04 Å². The minimum absolute atomic E-state index is 0.131. The van der Waals surface area contributed by atoms with Gasteiger partial charge in [-0.3, -0.25) is 0 Å². The molecule has 0 radical (unpaired) electrons. The molecule has 18 heavy (non-hydrogen) atoms. The first-order valence-electron chi connectivity index (χ1n) is 6.38. The lowest BCUT2D eigenvalue weighted by Crippen LogP contribution is -2.28. The summed E-state index contributed by atoms with van der Waals surface area (Å²) in [6.07, 6.45) is 0.789. The van der Waals surface area contributed by atoms with Crippen molar-refractivity contribution in [1.82, 2.24) is 0 Å². The normalized spacial score (nSPS) is 22.8. The maximum Gasteiger partial charge on any atom is 0.0624 e. The smallest absolute Gasteiger partial charge is 0.0624 e. The van der Waals surface area contributed by atoms with Gasteiger partial charge in [-0.1, -0.05) is 63.0 Å². The minimum Gasteiger partial charge on any atom is -0.327 e. The van der Waals surface area contributed by atoms with E-state index in [1.54, 1.807) is 0 Å². The molecule has 1 saturated carbocycles. The molecule has 1 aromatic rings. The molecule has 2 N–H and O–H groups in total. The molecule has 0 saturated heterocycles. The Balaban J connectivity index is 2.14. The Morgan fingerprint density at radius 3 is 2.22 bits per heavy atom. The molecule has 1 aliphatic rings. The van der Waals surface area contributed by atoms with Crippen molar-refractivity contribution in [2.24, 2.45) is 22.5 Å². The van der Waals surface area contributed by atoms with E-state index in [0.717, 1.165) is 12.0 Å². The molecule has 0 aromatic heterocycles. The van der Waals surface area contributed by atoms with Crippen molar-refractivity contribution in [1.29, 1.82) is 0 Å². The lowest BCUT2D eigenvalue weighted by molar-refractivity contribution is 0.457. The van der Waals surface area contributed by atoms with E-state index in [1.165, 1.54) is 0 Å². The van der Waals surface area contributed by atoms with Crippen LogP contribution in [0.25, 0.3) is 0 Å². The molecule has 1 atom stereocenters. The fourth-order valence-electron chi connectivity index (χ4n) is 3.40. The zero-order valence-corrected chi connectivity index (χ0v) is 12.9. The Kier molecular flexibility index (Phi) is 3.46. The van der Waals surface area contributed by atoms with E-state index in [1.807, 2.05) is 18.2 Å². The van der Waals surface area contributed by atoms with Crippen molar-refractivity contribution in [2.75, 3.05) is 0 Å². The standard InChI is InChI=1S/C15H21Cl2N/c1-14(2)13(15(14,3)4)11(18)8-9-6-5-7-10(16)12(9)17/h5-7,11,13H,8,18H2,1-4H3. The molecule has 1 fully saturated rings. The van der Waals surface area contributed by atoms with E-state index in [2.05, 4.69) is 27.7 Å². The maximum atomic E-state index is 6.38. The zero-order chi connectivity index (χ0) is 13.7. The van der Waals surface area contributed by atoms with Crippen LogP contribution in [0.2, 0.25) is 10.0 Å². The molecule has 3 heteroatoms. The number of rotatable bonds is 3. The van der Waals surface area contributed by atoms with Crippen LogP contribution in [0.3, 0.4) is 0 Å². The van der Waals surface area contributed by atoms with Gasteiger partial charge in [0.1, 0.15) is 0 Å². The monoisotopic (exact) mass is 285 g/mol. The van der Waals surface area contributed by atoms with Crippen LogP contribution in [-0.4, -0.2) is 6.04 Å². The molecule has 0 amide bonds. The van der Waals surface area contributed by atoms with Crippen LogP contribution >= 0.6 is 23.2 Å². The zero-order valence-electron chi connectivity index (χ0n) is 11.4. The van der Waals surface area contributed by atoms with Crippen molar-refractivity contribution in [3.63, 3.8) is 0 Å². The third-order valence-corrected chi connectivity index (χ3v) is 5.91. The van der Waals surface area contributed by atoms with E-state index in [0.29, 0.717) is 26.8 Å². The molecule has 0 aliphatic heterocycles. The third kappa shape index (κ3) is 2.07. The maximum absolute atomic E-state index is 6.38. The number of hydrogen-bond donors (Lipinski definition) is 1. The Bertz CT molecular complexity index is 452. The largest absolute Gasteiger partial charge is 0.327 e. The van der Waals surface area contributed by atoms with Crippen LogP contribution in [-0.2, 0) is 6.42 Å². The van der Waals surface area contributed by atoms with Gasteiger partial charge < -0.3 is 5.73 Å². The van der Waals surface area contributed by atoms with Crippen LogP contribution in [0.1, 0.15) is 33.3 Å². The molecule has 100 valence electrons. The average Bonchev–Trinajstić information content (AvgIpc) is 2.65. The average molecular weight is 286 g/mol. The van der Waals surface area contributed by atoms with Crippen molar-refractivity contribution < 1.29 is 0 Å². The van der Waals surface area contributed by atoms with Crippen LogP contribution in [0.5, 0.6) is 0 Å². The van der Waals surface area contributed by atoms with Crippen LogP contribution in [0.4, 0.5) is 0 Å². The third-order valence-electron chi connectivity index (χ3n) is 5.05. The summed E-state index contributed by atoms with van der Waals surface area (Å²) < 4.78 is 0. The van der Waals surface area contributed by atoms with E-state index in [4.69, 9.17) is 28.9 Å². The van der Waals surface area contributed by atoms with Gasteiger partial charge in [0.2, 0.25) is 0 Å². The fraction of sp³-hybridized carbons (Fsp3) is 0.600. The van der Waals surface area contributed by atoms with Crippen LogP contribution < -0.4 is 5.73 Å². The topological polar surface area (TPSA) is 26.0 Å². The Hall–Kier alpha value is -0.240. The first-order valence-corrected chi connectivity index (χ1v) is 7.13. The van der Waals surface area contributed by atoms with E-state index in [9.17, 15) is 0 Å². The minimum atomic E-state index is 0.131. The second-order valence-corrected chi connectivity index (χ2v) is 7.29. The predicted molar refractivity (Wildman–Crippen MR) is 79.2 cm³/mol. The van der Waals surface area contributed by atoms with Crippen LogP contribution in [0, 0.1) is 16.7 Å². The van der Waals surface area contributed by atoms with E-state index < -0.39 is 0 Å². The van der Waals surface area contributed by atoms with Gasteiger partial charge in [-0.15, -0.1) is 0 Å². The highest BCUT2D eigenvalue weighted by molar-refractivity contribution is 6.42. The van der Waals surface area contributed by atoms with Crippen molar-refractivity contribution in [2.45, 2.75) is 40.2 Å². The van der Waals surface area contributed by atoms with Gasteiger partial charge in [-0.05, 0) is 34.8 Å². The summed E-state index contributed by atoms with van der Waals surface area (Å²) in [6.45, 7) is 9.16. The van der Waals surface area contributed by atoms with Crippen molar-refractivity contribution >= 4 is 23.2 Å². The molecule has 1 nitrogen and oxygen atoms in total. The molecular weight excluding hydrogens is 265 g/mol. The predicted octanol–water partition coefficient (Wildman–Crippen LogP) is 4.55. The highest BCUT2D eigenvalue weighted by Crippen LogP contribution is 2.69. The Labute approximate surface area is 120 Å². The van der Waals surface area contributed by atoms with Gasteiger partial charge in [-0.2, -0.15) is 0 Å². The number of halogens is 2. The first kappa shape index (κ1) is 14.2. The summed E-state index contributed by atoms with van der Waals surface area (Å²) in [5.74, 6) is 0.528. The second kappa shape index (κ2) is 4.40. The van der Waals surface area contributed by atoms with Gasteiger partial charge in [0.15, 0.2) is 0 Å². The lowest BCUT2D eigenvalue weighted by atomic mass is 9.98. The number of hydrogen-bond acceptors (Lipinski definition) is 1. The van der Waals surface area contributed by atoms with E-state index >= 15 is 0 Å². The SMILES string of the molecule is CC1(C)C(C(N)Cc2cccc(Cl)c2Cl)C1(C)C. The molecular formula is C15H21Cl2N. The molecule has 1 aromatic carbocycles. The Morgan fingerprint density at radius 2 is 1.72 bits per heavy atom. The lowest BCUT2D eigenvalue weighted by Gasteiger charge is -2.15. The molecule has 2 rings (SSSR count). The summed E-state index contributed by atoms with van der Waals surface area (Å²) in [5.41, 5.74) is 8.04. The summed E-state index contributed by atoms with van der Waals surface area (Å²) in [7, 11) is 0. The molecule has 0 bridgehead atoms. The van der Waals surface area contributed by atoms with Gasteiger partial charge in [0.25, 0.3) is 0 Å². The fourth-order valence-corrected chi connectivity index (χ4v) is 3.79. The molecule has 1 aliphatic carbocycles. The summed E-state index contributed by atoms with van der Waals surface area (Å²) >= 11 is 12.2. The number of benzene rings is 1.